The predicted octanol–water partition coefficient (Wildman–Crippen LogP) is 0.541. The number of methoxy groups -OCH3 is 1. The van der Waals surface area contributed by atoms with Gasteiger partial charge in [-0.25, -0.2) is 0 Å². The predicted molar refractivity (Wildman–Crippen MR) is 83.6 cm³/mol. The lowest BCUT2D eigenvalue weighted by Gasteiger charge is -2.33. The van der Waals surface area contributed by atoms with Crippen LogP contribution in [0.25, 0.3) is 0 Å². The molecule has 0 radical (unpaired) electrons. The largest absolute Gasteiger partial charge is 0.383 e. The highest BCUT2D eigenvalue weighted by molar-refractivity contribution is 5.89. The van der Waals surface area contributed by atoms with Crippen LogP contribution in [0.3, 0.4) is 0 Å². The molecule has 2 aliphatic rings. The van der Waals surface area contributed by atoms with Crippen molar-refractivity contribution in [3.8, 4) is 0 Å². The highest BCUT2D eigenvalue weighted by atomic mass is 16.5. The first kappa shape index (κ1) is 16.0. The van der Waals surface area contributed by atoms with Crippen LogP contribution in [0.2, 0.25) is 0 Å². The Balaban J connectivity index is 1.51. The summed E-state index contributed by atoms with van der Waals surface area (Å²) in [6, 6.07) is 2.30. The molecule has 1 aromatic heterocycles. The number of carbonyl (C=O) groups is 2. The van der Waals surface area contributed by atoms with Crippen LogP contribution in [0.15, 0.2) is 18.5 Å². The second-order valence-electron chi connectivity index (χ2n) is 6.28. The lowest BCUT2D eigenvalue weighted by atomic mass is 10.0. The maximum Gasteiger partial charge on any atom is 0.227 e. The Hall–Kier alpha value is -1.89. The second-order valence-corrected chi connectivity index (χ2v) is 6.28. The number of hydrogen-bond acceptors (Lipinski definition) is 4. The smallest absolute Gasteiger partial charge is 0.227 e. The minimum Gasteiger partial charge on any atom is -0.383 e. The fourth-order valence-electron chi connectivity index (χ4n) is 3.46. The summed E-state index contributed by atoms with van der Waals surface area (Å²) < 4.78 is 6.99. The molecule has 3 rings (SSSR count). The molecule has 2 amide bonds. The van der Waals surface area contributed by atoms with E-state index < -0.39 is 0 Å². The summed E-state index contributed by atoms with van der Waals surface area (Å²) in [6.45, 7) is 3.10. The highest BCUT2D eigenvalue weighted by Gasteiger charge is 2.37. The van der Waals surface area contributed by atoms with Crippen LogP contribution in [-0.2, 0) is 14.3 Å². The van der Waals surface area contributed by atoms with Crippen LogP contribution >= 0.6 is 0 Å². The van der Waals surface area contributed by atoms with Crippen molar-refractivity contribution in [2.45, 2.75) is 25.3 Å². The molecule has 2 fully saturated rings. The molecule has 2 aliphatic heterocycles. The number of amides is 2. The average molecular weight is 320 g/mol. The van der Waals surface area contributed by atoms with Crippen molar-refractivity contribution in [1.29, 1.82) is 0 Å². The van der Waals surface area contributed by atoms with E-state index in [4.69, 9.17) is 4.74 Å². The number of rotatable bonds is 5. The van der Waals surface area contributed by atoms with E-state index in [9.17, 15) is 9.59 Å². The van der Waals surface area contributed by atoms with E-state index in [0.717, 1.165) is 25.9 Å². The number of ether oxygens (including phenoxy) is 1. The molecule has 0 saturated carbocycles. The van der Waals surface area contributed by atoms with Gasteiger partial charge in [0.15, 0.2) is 0 Å². The number of piperidine rings is 1. The molecule has 126 valence electrons. The van der Waals surface area contributed by atoms with Gasteiger partial charge in [0.2, 0.25) is 11.8 Å². The van der Waals surface area contributed by atoms with E-state index in [-0.39, 0.29) is 17.7 Å². The van der Waals surface area contributed by atoms with Crippen LogP contribution in [0, 0.1) is 5.92 Å². The molecule has 1 aromatic rings. The summed E-state index contributed by atoms with van der Waals surface area (Å²) >= 11 is 0. The molecule has 3 heterocycles. The molecule has 0 spiro atoms. The minimum atomic E-state index is -0.194. The van der Waals surface area contributed by atoms with Crippen molar-refractivity contribution >= 4 is 11.8 Å². The first-order valence-electron chi connectivity index (χ1n) is 8.23. The van der Waals surface area contributed by atoms with E-state index >= 15 is 0 Å². The third kappa shape index (κ3) is 3.55. The Kier molecular flexibility index (Phi) is 4.95. The maximum absolute atomic E-state index is 12.7. The molecule has 7 nitrogen and oxygen atoms in total. The van der Waals surface area contributed by atoms with Gasteiger partial charge in [0.05, 0.1) is 18.6 Å². The van der Waals surface area contributed by atoms with Gasteiger partial charge in [0, 0.05) is 52.1 Å². The quantitative estimate of drug-likeness (QED) is 0.794. The summed E-state index contributed by atoms with van der Waals surface area (Å²) in [5, 5.41) is 4.29. The van der Waals surface area contributed by atoms with E-state index in [2.05, 4.69) is 5.10 Å². The summed E-state index contributed by atoms with van der Waals surface area (Å²) in [4.78, 5) is 28.3. The van der Waals surface area contributed by atoms with Crippen LogP contribution in [0.5, 0.6) is 0 Å². The highest BCUT2D eigenvalue weighted by Crippen LogP contribution is 2.25. The van der Waals surface area contributed by atoms with Crippen LogP contribution < -0.4 is 0 Å². The van der Waals surface area contributed by atoms with Crippen molar-refractivity contribution < 1.29 is 14.3 Å². The van der Waals surface area contributed by atoms with E-state index in [1.807, 2.05) is 21.8 Å². The molecular formula is C16H24N4O3. The Bertz CT molecular complexity index is 538. The fraction of sp³-hybridized carbons (Fsp3) is 0.688. The molecule has 1 atom stereocenters. The third-order valence-electron chi connectivity index (χ3n) is 4.80. The van der Waals surface area contributed by atoms with Gasteiger partial charge in [-0.05, 0) is 18.9 Å². The van der Waals surface area contributed by atoms with E-state index in [0.29, 0.717) is 32.2 Å². The van der Waals surface area contributed by atoms with Gasteiger partial charge >= 0.3 is 0 Å². The lowest BCUT2D eigenvalue weighted by Crippen LogP contribution is -2.43. The molecule has 0 bridgehead atoms. The number of carbonyl (C=O) groups excluding carboxylic acids is 2. The Labute approximate surface area is 136 Å². The topological polar surface area (TPSA) is 67.7 Å². The number of likely N-dealkylation sites (tertiary alicyclic amines) is 2. The van der Waals surface area contributed by atoms with Crippen molar-refractivity contribution in [3.05, 3.63) is 18.5 Å². The summed E-state index contributed by atoms with van der Waals surface area (Å²) in [5.41, 5.74) is 0. The molecule has 7 heteroatoms. The monoisotopic (exact) mass is 320 g/mol. The summed E-state index contributed by atoms with van der Waals surface area (Å²) in [7, 11) is 1.62. The molecule has 0 aromatic carbocycles. The SMILES string of the molecule is COCCN1CC(C(=O)N2CCC(n3cccn3)CC2)CC1=O. The standard InChI is InChI=1S/C16H24N4O3/c1-23-10-9-19-12-13(11-15(19)21)16(22)18-7-3-14(4-8-18)20-6-2-5-17-20/h2,5-6,13-14H,3-4,7-12H2,1H3. The first-order valence-corrected chi connectivity index (χ1v) is 8.23. The fourth-order valence-corrected chi connectivity index (χ4v) is 3.46. The summed E-state index contributed by atoms with van der Waals surface area (Å²) in [5.74, 6) is -0.00961. The van der Waals surface area contributed by atoms with Crippen molar-refractivity contribution in [3.63, 3.8) is 0 Å². The van der Waals surface area contributed by atoms with E-state index in [1.54, 1.807) is 18.2 Å². The van der Waals surface area contributed by atoms with Gasteiger partial charge < -0.3 is 14.5 Å². The Morgan fingerprint density at radius 3 is 2.83 bits per heavy atom. The van der Waals surface area contributed by atoms with Gasteiger partial charge in [-0.2, -0.15) is 5.10 Å². The number of hydrogen-bond donors (Lipinski definition) is 0. The van der Waals surface area contributed by atoms with Gasteiger partial charge in [0.1, 0.15) is 0 Å². The molecule has 1 unspecified atom stereocenters. The zero-order valence-corrected chi connectivity index (χ0v) is 13.6. The molecule has 0 aliphatic carbocycles. The van der Waals surface area contributed by atoms with Crippen LogP contribution in [0.4, 0.5) is 0 Å². The van der Waals surface area contributed by atoms with Gasteiger partial charge in [-0.15, -0.1) is 0 Å². The summed E-state index contributed by atoms with van der Waals surface area (Å²) in [6.07, 6.45) is 5.94. The van der Waals surface area contributed by atoms with Crippen LogP contribution in [-0.4, -0.2) is 71.3 Å². The zero-order chi connectivity index (χ0) is 16.2. The maximum atomic E-state index is 12.7. The van der Waals surface area contributed by atoms with E-state index in [1.165, 1.54) is 0 Å². The zero-order valence-electron chi connectivity index (χ0n) is 13.6. The molecule has 0 N–H and O–H groups in total. The third-order valence-corrected chi connectivity index (χ3v) is 4.80. The van der Waals surface area contributed by atoms with Crippen LogP contribution in [0.1, 0.15) is 25.3 Å². The minimum absolute atomic E-state index is 0.0619. The Morgan fingerprint density at radius 2 is 2.17 bits per heavy atom. The Morgan fingerprint density at radius 1 is 1.39 bits per heavy atom. The van der Waals surface area contributed by atoms with Crippen molar-refractivity contribution in [2.24, 2.45) is 5.92 Å². The average Bonchev–Trinajstić information content (AvgIpc) is 3.22. The first-order chi connectivity index (χ1) is 11.2. The van der Waals surface area contributed by atoms with Crippen molar-refractivity contribution in [1.82, 2.24) is 19.6 Å². The van der Waals surface area contributed by atoms with Gasteiger partial charge in [-0.3, -0.25) is 14.3 Å². The molecular weight excluding hydrogens is 296 g/mol. The normalized spacial score (nSPS) is 22.8. The number of aromatic nitrogens is 2. The molecule has 23 heavy (non-hydrogen) atoms. The number of nitrogens with zero attached hydrogens (tertiary/aromatic N) is 4. The lowest BCUT2D eigenvalue weighted by molar-refractivity contribution is -0.137. The van der Waals surface area contributed by atoms with Gasteiger partial charge in [-0.1, -0.05) is 0 Å². The van der Waals surface area contributed by atoms with Crippen molar-refractivity contribution in [2.75, 3.05) is 39.9 Å². The molecule has 2 saturated heterocycles. The van der Waals surface area contributed by atoms with Gasteiger partial charge in [0.25, 0.3) is 0 Å². The second kappa shape index (κ2) is 7.12.